The number of thiazole rings is 1. The van der Waals surface area contributed by atoms with E-state index in [1.54, 1.807) is 41.3 Å². The van der Waals surface area contributed by atoms with Crippen LogP contribution in [0.4, 0.5) is 5.13 Å². The summed E-state index contributed by atoms with van der Waals surface area (Å²) in [4.78, 5) is 35.5. The molecule has 6 nitrogen and oxygen atoms in total. The zero-order valence-corrected chi connectivity index (χ0v) is 22.2. The Labute approximate surface area is 225 Å². The minimum atomic E-state index is -0.136. The molecular formula is C29H28ClN3O3S. The van der Waals surface area contributed by atoms with E-state index in [0.717, 1.165) is 55.0 Å². The molecule has 0 bridgehead atoms. The van der Waals surface area contributed by atoms with Crippen LogP contribution < -0.4 is 4.90 Å². The first kappa shape index (κ1) is 25.5. The van der Waals surface area contributed by atoms with Crippen LogP contribution in [0.25, 0.3) is 10.2 Å². The molecule has 1 aromatic heterocycles. The summed E-state index contributed by atoms with van der Waals surface area (Å²) in [5, 5.41) is 1.31. The van der Waals surface area contributed by atoms with E-state index < -0.39 is 0 Å². The summed E-state index contributed by atoms with van der Waals surface area (Å²) >= 11 is 7.82. The minimum absolute atomic E-state index is 0.0690. The molecule has 1 aliphatic heterocycles. The van der Waals surface area contributed by atoms with Gasteiger partial charge < -0.3 is 4.74 Å². The molecular weight excluding hydrogens is 506 g/mol. The van der Waals surface area contributed by atoms with Crippen LogP contribution in [0.2, 0.25) is 5.02 Å². The van der Waals surface area contributed by atoms with Crippen LogP contribution in [0, 0.1) is 6.92 Å². The first-order valence-electron chi connectivity index (χ1n) is 12.4. The third kappa shape index (κ3) is 5.75. The summed E-state index contributed by atoms with van der Waals surface area (Å²) in [5.74, 6) is -0.205. The largest absolute Gasteiger partial charge is 0.379 e. The van der Waals surface area contributed by atoms with E-state index in [9.17, 15) is 9.59 Å². The highest BCUT2D eigenvalue weighted by Gasteiger charge is 2.23. The molecule has 0 spiro atoms. The number of carbonyl (C=O) groups excluding carboxylic acids is 2. The summed E-state index contributed by atoms with van der Waals surface area (Å²) in [7, 11) is 0. The van der Waals surface area contributed by atoms with Gasteiger partial charge in [-0.1, -0.05) is 65.4 Å². The van der Waals surface area contributed by atoms with Gasteiger partial charge in [0.2, 0.25) is 0 Å². The van der Waals surface area contributed by atoms with Crippen molar-refractivity contribution in [2.75, 3.05) is 44.3 Å². The number of carbonyl (C=O) groups is 2. The normalized spacial score (nSPS) is 14.1. The molecule has 1 saturated heterocycles. The van der Waals surface area contributed by atoms with E-state index in [0.29, 0.717) is 33.4 Å². The number of ketones is 1. The molecule has 0 radical (unpaired) electrons. The van der Waals surface area contributed by atoms with Crippen LogP contribution in [0.1, 0.15) is 38.3 Å². The van der Waals surface area contributed by atoms with Gasteiger partial charge in [0.25, 0.3) is 5.91 Å². The molecule has 1 amide bonds. The van der Waals surface area contributed by atoms with Crippen molar-refractivity contribution in [3.63, 3.8) is 0 Å². The van der Waals surface area contributed by atoms with Gasteiger partial charge in [0.15, 0.2) is 10.9 Å². The van der Waals surface area contributed by atoms with Crippen LogP contribution in [0.3, 0.4) is 0 Å². The lowest BCUT2D eigenvalue weighted by molar-refractivity contribution is 0.0376. The van der Waals surface area contributed by atoms with E-state index in [1.165, 1.54) is 11.3 Å². The number of fused-ring (bicyclic) bond motifs is 1. The first-order chi connectivity index (χ1) is 18.0. The SMILES string of the molecule is Cc1c(Cl)ccc2sc(N(CCCN3CCOCC3)C(=O)c3ccc(C(=O)c4ccccc4)cc3)nc12. The van der Waals surface area contributed by atoms with Gasteiger partial charge >= 0.3 is 0 Å². The number of aromatic nitrogens is 1. The van der Waals surface area contributed by atoms with Gasteiger partial charge in [-0.2, -0.15) is 0 Å². The Morgan fingerprint density at radius 1 is 0.973 bits per heavy atom. The van der Waals surface area contributed by atoms with Gasteiger partial charge in [-0.3, -0.25) is 19.4 Å². The average Bonchev–Trinajstić information content (AvgIpc) is 3.38. The van der Waals surface area contributed by atoms with Crippen molar-refractivity contribution < 1.29 is 14.3 Å². The topological polar surface area (TPSA) is 62.7 Å². The Bertz CT molecular complexity index is 1400. The number of anilines is 1. The summed E-state index contributed by atoms with van der Waals surface area (Å²) < 4.78 is 6.44. The number of amides is 1. The van der Waals surface area contributed by atoms with Gasteiger partial charge in [0.1, 0.15) is 0 Å². The van der Waals surface area contributed by atoms with Gasteiger partial charge in [-0.25, -0.2) is 4.98 Å². The summed E-state index contributed by atoms with van der Waals surface area (Å²) in [6.45, 7) is 6.67. The van der Waals surface area contributed by atoms with Crippen molar-refractivity contribution in [2.45, 2.75) is 13.3 Å². The van der Waals surface area contributed by atoms with Gasteiger partial charge in [-0.15, -0.1) is 0 Å². The van der Waals surface area contributed by atoms with E-state index in [2.05, 4.69) is 4.90 Å². The molecule has 0 unspecified atom stereocenters. The Balaban J connectivity index is 1.39. The number of halogens is 1. The standard InChI is InChI=1S/C29H28ClN3O3S/c1-20-24(30)12-13-25-26(20)31-29(37-25)33(15-5-14-32-16-18-36-19-17-32)28(35)23-10-8-22(9-11-23)27(34)21-6-3-2-4-7-21/h2-4,6-13H,5,14-19H2,1H3. The molecule has 1 fully saturated rings. The maximum atomic E-state index is 13.8. The molecule has 8 heteroatoms. The molecule has 37 heavy (non-hydrogen) atoms. The lowest BCUT2D eigenvalue weighted by Gasteiger charge is -2.27. The summed E-state index contributed by atoms with van der Waals surface area (Å²) in [6.07, 6.45) is 0.811. The number of benzene rings is 3. The molecule has 0 saturated carbocycles. The third-order valence-corrected chi connectivity index (χ3v) is 8.06. The fourth-order valence-electron chi connectivity index (χ4n) is 4.44. The van der Waals surface area contributed by atoms with Crippen molar-refractivity contribution in [3.05, 3.63) is 94.0 Å². The fraction of sp³-hybridized carbons (Fsp3) is 0.276. The molecule has 190 valence electrons. The fourth-order valence-corrected chi connectivity index (χ4v) is 5.64. The number of morpholine rings is 1. The van der Waals surface area contributed by atoms with E-state index in [-0.39, 0.29) is 11.7 Å². The highest BCUT2D eigenvalue weighted by atomic mass is 35.5. The van der Waals surface area contributed by atoms with E-state index in [4.69, 9.17) is 21.3 Å². The Kier molecular flexibility index (Phi) is 7.96. The Hall–Kier alpha value is -3.10. The van der Waals surface area contributed by atoms with Crippen molar-refractivity contribution in [1.82, 2.24) is 9.88 Å². The van der Waals surface area contributed by atoms with Gasteiger partial charge in [-0.05, 0) is 43.2 Å². The molecule has 1 aliphatic rings. The van der Waals surface area contributed by atoms with Crippen molar-refractivity contribution in [1.29, 1.82) is 0 Å². The summed E-state index contributed by atoms with van der Waals surface area (Å²) in [6, 6.07) is 19.8. The molecule has 0 atom stereocenters. The lowest BCUT2D eigenvalue weighted by atomic mass is 10.0. The molecule has 0 aliphatic carbocycles. The maximum absolute atomic E-state index is 13.8. The second kappa shape index (κ2) is 11.5. The van der Waals surface area contributed by atoms with E-state index in [1.807, 2.05) is 37.3 Å². The van der Waals surface area contributed by atoms with Gasteiger partial charge in [0.05, 0.1) is 23.4 Å². The highest BCUT2D eigenvalue weighted by Crippen LogP contribution is 2.34. The quantitative estimate of drug-likeness (QED) is 0.265. The van der Waals surface area contributed by atoms with Crippen LogP contribution in [-0.2, 0) is 4.74 Å². The monoisotopic (exact) mass is 533 g/mol. The van der Waals surface area contributed by atoms with Crippen LogP contribution >= 0.6 is 22.9 Å². The van der Waals surface area contributed by atoms with Crippen molar-refractivity contribution >= 4 is 50.0 Å². The highest BCUT2D eigenvalue weighted by molar-refractivity contribution is 7.22. The third-order valence-electron chi connectivity index (χ3n) is 6.60. The number of hydrogen-bond donors (Lipinski definition) is 0. The summed E-state index contributed by atoms with van der Waals surface area (Å²) in [5.41, 5.74) is 3.42. The molecule has 0 N–H and O–H groups in total. The van der Waals surface area contributed by atoms with Crippen LogP contribution in [0.15, 0.2) is 66.7 Å². The molecule has 5 rings (SSSR count). The zero-order chi connectivity index (χ0) is 25.8. The second-order valence-corrected chi connectivity index (χ2v) is 10.5. The zero-order valence-electron chi connectivity index (χ0n) is 20.7. The number of ether oxygens (including phenoxy) is 1. The Morgan fingerprint density at radius 2 is 1.65 bits per heavy atom. The van der Waals surface area contributed by atoms with Crippen molar-refractivity contribution in [3.8, 4) is 0 Å². The number of nitrogens with zero attached hydrogens (tertiary/aromatic N) is 3. The maximum Gasteiger partial charge on any atom is 0.260 e. The minimum Gasteiger partial charge on any atom is -0.379 e. The number of rotatable bonds is 8. The molecule has 3 aromatic carbocycles. The van der Waals surface area contributed by atoms with Crippen LogP contribution in [-0.4, -0.2) is 61.0 Å². The smallest absolute Gasteiger partial charge is 0.260 e. The van der Waals surface area contributed by atoms with Crippen LogP contribution in [0.5, 0.6) is 0 Å². The predicted octanol–water partition coefficient (Wildman–Crippen LogP) is 5.86. The average molecular weight is 534 g/mol. The number of hydrogen-bond acceptors (Lipinski definition) is 6. The van der Waals surface area contributed by atoms with Gasteiger partial charge in [0, 0.05) is 47.9 Å². The number of aryl methyl sites for hydroxylation is 1. The first-order valence-corrected chi connectivity index (χ1v) is 13.6. The Morgan fingerprint density at radius 3 is 2.38 bits per heavy atom. The molecule has 2 heterocycles. The lowest BCUT2D eigenvalue weighted by Crippen LogP contribution is -2.39. The second-order valence-electron chi connectivity index (χ2n) is 9.05. The molecule has 4 aromatic rings. The van der Waals surface area contributed by atoms with Crippen molar-refractivity contribution in [2.24, 2.45) is 0 Å². The predicted molar refractivity (Wildman–Crippen MR) is 149 cm³/mol. The van der Waals surface area contributed by atoms with E-state index >= 15 is 0 Å².